The van der Waals surface area contributed by atoms with Gasteiger partial charge >= 0.3 is 11.9 Å². The predicted molar refractivity (Wildman–Crippen MR) is 53.8 cm³/mol. The number of esters is 1. The van der Waals surface area contributed by atoms with Crippen LogP contribution >= 0.6 is 0 Å². The second-order valence-corrected chi connectivity index (χ2v) is 4.23. The van der Waals surface area contributed by atoms with Crippen molar-refractivity contribution in [3.8, 4) is 0 Å². The maximum absolute atomic E-state index is 11.4. The molecule has 0 bridgehead atoms. The third-order valence-corrected chi connectivity index (χ3v) is 1.48. The molecule has 82 valence electrons. The minimum Gasteiger partial charge on any atom is -0.453 e. The van der Waals surface area contributed by atoms with Crippen LogP contribution in [0.1, 0.15) is 34.1 Å². The normalized spacial score (nSPS) is 10.9. The van der Waals surface area contributed by atoms with Crippen molar-refractivity contribution in [2.75, 3.05) is 13.6 Å². The first-order valence-corrected chi connectivity index (χ1v) is 4.76. The number of likely N-dealkylation sites (N-methyl/N-ethyl adjacent to an activating group) is 1. The van der Waals surface area contributed by atoms with E-state index in [0.29, 0.717) is 6.54 Å². The second kappa shape index (κ2) is 4.98. The van der Waals surface area contributed by atoms with E-state index in [2.05, 4.69) is 0 Å². The molecule has 0 heterocycles. The Kier molecular flexibility index (Phi) is 4.60. The van der Waals surface area contributed by atoms with E-state index in [1.54, 1.807) is 27.8 Å². The third-order valence-electron chi connectivity index (χ3n) is 1.48. The molecule has 0 spiro atoms. The molecular weight excluding hydrogens is 182 g/mol. The van der Waals surface area contributed by atoms with Crippen LogP contribution in [-0.4, -0.2) is 36.0 Å². The standard InChI is InChI=1S/C10H19NO3/c1-6-7-11(5)8(12)9(13)14-10(2,3)4/h6-7H2,1-5H3. The SMILES string of the molecule is CCCN(C)C(=O)C(=O)OC(C)(C)C. The number of rotatable bonds is 2. The fourth-order valence-electron chi connectivity index (χ4n) is 0.915. The largest absolute Gasteiger partial charge is 0.453 e. The van der Waals surface area contributed by atoms with Crippen LogP contribution in [0.4, 0.5) is 0 Å². The molecule has 0 aliphatic carbocycles. The molecule has 0 aromatic carbocycles. The molecule has 0 saturated heterocycles. The Hall–Kier alpha value is -1.06. The average Bonchev–Trinajstić information content (AvgIpc) is 2.00. The van der Waals surface area contributed by atoms with Gasteiger partial charge in [-0.2, -0.15) is 0 Å². The van der Waals surface area contributed by atoms with Crippen molar-refractivity contribution in [3.63, 3.8) is 0 Å². The minimum atomic E-state index is -0.784. The van der Waals surface area contributed by atoms with E-state index in [0.717, 1.165) is 6.42 Å². The summed E-state index contributed by atoms with van der Waals surface area (Å²) in [4.78, 5) is 24.0. The van der Waals surface area contributed by atoms with Gasteiger partial charge < -0.3 is 9.64 Å². The van der Waals surface area contributed by atoms with Gasteiger partial charge in [0.15, 0.2) is 0 Å². The lowest BCUT2D eigenvalue weighted by Crippen LogP contribution is -2.38. The molecule has 0 radical (unpaired) electrons. The highest BCUT2D eigenvalue weighted by atomic mass is 16.6. The van der Waals surface area contributed by atoms with E-state index in [1.807, 2.05) is 6.92 Å². The maximum Gasteiger partial charge on any atom is 0.397 e. The van der Waals surface area contributed by atoms with Crippen LogP contribution in [0, 0.1) is 0 Å². The number of carbonyl (C=O) groups is 2. The number of hydrogen-bond acceptors (Lipinski definition) is 3. The number of carbonyl (C=O) groups excluding carboxylic acids is 2. The zero-order valence-electron chi connectivity index (χ0n) is 9.59. The number of ether oxygens (including phenoxy) is 1. The van der Waals surface area contributed by atoms with Gasteiger partial charge in [-0.1, -0.05) is 6.92 Å². The molecule has 0 aromatic heterocycles. The summed E-state index contributed by atoms with van der Waals surface area (Å²) in [6.07, 6.45) is 0.824. The van der Waals surface area contributed by atoms with Gasteiger partial charge in [0.1, 0.15) is 5.60 Å². The van der Waals surface area contributed by atoms with Crippen molar-refractivity contribution in [2.24, 2.45) is 0 Å². The molecule has 0 fully saturated rings. The molecule has 4 heteroatoms. The minimum absolute atomic E-state index is 0.568. The number of hydrogen-bond donors (Lipinski definition) is 0. The Morgan fingerprint density at radius 3 is 2.14 bits per heavy atom. The molecular formula is C10H19NO3. The highest BCUT2D eigenvalue weighted by Gasteiger charge is 2.25. The lowest BCUT2D eigenvalue weighted by atomic mass is 10.2. The Balaban J connectivity index is 4.19. The molecule has 14 heavy (non-hydrogen) atoms. The van der Waals surface area contributed by atoms with Gasteiger partial charge in [0.25, 0.3) is 0 Å². The van der Waals surface area contributed by atoms with E-state index in [9.17, 15) is 9.59 Å². The van der Waals surface area contributed by atoms with E-state index in [1.165, 1.54) is 4.90 Å². The highest BCUT2D eigenvalue weighted by Crippen LogP contribution is 2.07. The van der Waals surface area contributed by atoms with Crippen LogP contribution in [0.3, 0.4) is 0 Å². The van der Waals surface area contributed by atoms with Gasteiger partial charge in [-0.25, -0.2) is 4.79 Å². The van der Waals surface area contributed by atoms with Crippen molar-refractivity contribution < 1.29 is 14.3 Å². The molecule has 1 amide bonds. The zero-order chi connectivity index (χ0) is 11.4. The first-order chi connectivity index (χ1) is 6.28. The molecule has 0 rings (SSSR count). The third kappa shape index (κ3) is 4.84. The van der Waals surface area contributed by atoms with E-state index >= 15 is 0 Å². The van der Waals surface area contributed by atoms with E-state index in [-0.39, 0.29) is 0 Å². The van der Waals surface area contributed by atoms with Gasteiger partial charge in [0, 0.05) is 13.6 Å². The van der Waals surface area contributed by atoms with Crippen molar-refractivity contribution in [3.05, 3.63) is 0 Å². The summed E-state index contributed by atoms with van der Waals surface area (Å²) in [5.74, 6) is -1.37. The smallest absolute Gasteiger partial charge is 0.397 e. The number of nitrogens with zero attached hydrogens (tertiary/aromatic N) is 1. The molecule has 4 nitrogen and oxygen atoms in total. The van der Waals surface area contributed by atoms with Crippen molar-refractivity contribution in [1.82, 2.24) is 4.90 Å². The summed E-state index contributed by atoms with van der Waals surface area (Å²) < 4.78 is 4.94. The summed E-state index contributed by atoms with van der Waals surface area (Å²) in [5, 5.41) is 0. The summed E-state index contributed by atoms with van der Waals surface area (Å²) in [6.45, 7) is 7.71. The Morgan fingerprint density at radius 2 is 1.79 bits per heavy atom. The Bertz CT molecular complexity index is 218. The van der Waals surface area contributed by atoms with Crippen LogP contribution in [0.15, 0.2) is 0 Å². The van der Waals surface area contributed by atoms with Crippen molar-refractivity contribution >= 4 is 11.9 Å². The first-order valence-electron chi connectivity index (χ1n) is 4.76. The molecule has 0 N–H and O–H groups in total. The van der Waals surface area contributed by atoms with Gasteiger partial charge in [-0.05, 0) is 27.2 Å². The zero-order valence-corrected chi connectivity index (χ0v) is 9.59. The van der Waals surface area contributed by atoms with Gasteiger partial charge in [0.05, 0.1) is 0 Å². The average molecular weight is 201 g/mol. The Morgan fingerprint density at radius 1 is 1.29 bits per heavy atom. The monoisotopic (exact) mass is 201 g/mol. The maximum atomic E-state index is 11.4. The molecule has 0 aliphatic heterocycles. The quantitative estimate of drug-likeness (QED) is 0.498. The predicted octanol–water partition coefficient (Wildman–Crippen LogP) is 1.20. The van der Waals surface area contributed by atoms with Crippen LogP contribution < -0.4 is 0 Å². The van der Waals surface area contributed by atoms with Crippen molar-refractivity contribution in [1.29, 1.82) is 0 Å². The topological polar surface area (TPSA) is 46.6 Å². The highest BCUT2D eigenvalue weighted by molar-refractivity contribution is 6.32. The van der Waals surface area contributed by atoms with Crippen LogP contribution in [0.5, 0.6) is 0 Å². The first kappa shape index (κ1) is 12.9. The van der Waals surface area contributed by atoms with Gasteiger partial charge in [0.2, 0.25) is 0 Å². The van der Waals surface area contributed by atoms with Crippen LogP contribution in [0.2, 0.25) is 0 Å². The summed E-state index contributed by atoms with van der Waals surface area (Å²) in [6, 6.07) is 0. The fraction of sp³-hybridized carbons (Fsp3) is 0.800. The fourth-order valence-corrected chi connectivity index (χ4v) is 0.915. The molecule has 0 saturated carbocycles. The van der Waals surface area contributed by atoms with E-state index in [4.69, 9.17) is 4.74 Å². The van der Waals surface area contributed by atoms with Crippen LogP contribution in [-0.2, 0) is 14.3 Å². The summed E-state index contributed by atoms with van der Waals surface area (Å²) in [5.41, 5.74) is -0.611. The van der Waals surface area contributed by atoms with E-state index < -0.39 is 17.5 Å². The lowest BCUT2D eigenvalue weighted by molar-refractivity contribution is -0.167. The Labute approximate surface area is 85.2 Å². The van der Waals surface area contributed by atoms with Gasteiger partial charge in [-0.3, -0.25) is 4.79 Å². The van der Waals surface area contributed by atoms with Crippen molar-refractivity contribution in [2.45, 2.75) is 39.7 Å². The molecule has 0 unspecified atom stereocenters. The molecule has 0 atom stereocenters. The second-order valence-electron chi connectivity index (χ2n) is 4.23. The molecule has 0 aromatic rings. The number of amides is 1. The lowest BCUT2D eigenvalue weighted by Gasteiger charge is -2.21. The van der Waals surface area contributed by atoms with Gasteiger partial charge in [-0.15, -0.1) is 0 Å². The molecule has 0 aliphatic rings. The summed E-state index contributed by atoms with van der Waals surface area (Å²) in [7, 11) is 1.59. The van der Waals surface area contributed by atoms with Crippen LogP contribution in [0.25, 0.3) is 0 Å². The summed E-state index contributed by atoms with van der Waals surface area (Å²) >= 11 is 0.